The zero-order valence-electron chi connectivity index (χ0n) is 23.6. The van der Waals surface area contributed by atoms with Crippen LogP contribution >= 0.6 is 0 Å². The van der Waals surface area contributed by atoms with Crippen LogP contribution in [0.25, 0.3) is 11.1 Å². The largest absolute Gasteiger partial charge is 0.336 e. The molecule has 1 N–H and O–H groups in total. The van der Waals surface area contributed by atoms with Crippen LogP contribution in [0.3, 0.4) is 0 Å². The average molecular weight is 532 g/mol. The maximum absolute atomic E-state index is 12.8. The minimum absolute atomic E-state index is 0.160. The van der Waals surface area contributed by atoms with Crippen molar-refractivity contribution in [2.75, 3.05) is 19.6 Å². The number of benzene rings is 4. The monoisotopic (exact) mass is 531 g/mol. The SMILES string of the molecule is CC(=O)N(Cc1ccccc1-c1ccc(CNCCc2ccccc2)cc1)C1CCN(Cc2ccccc2)CC1. The van der Waals surface area contributed by atoms with Crippen LogP contribution in [0.1, 0.15) is 42.0 Å². The predicted molar refractivity (Wildman–Crippen MR) is 165 cm³/mol. The molecule has 1 saturated heterocycles. The third-order valence-electron chi connectivity index (χ3n) is 8.04. The van der Waals surface area contributed by atoms with E-state index in [1.165, 1.54) is 33.4 Å². The smallest absolute Gasteiger partial charge is 0.219 e. The van der Waals surface area contributed by atoms with E-state index in [-0.39, 0.29) is 11.9 Å². The summed E-state index contributed by atoms with van der Waals surface area (Å²) in [6.45, 7) is 7.21. The van der Waals surface area contributed by atoms with E-state index in [2.05, 4.69) is 124 Å². The Balaban J connectivity index is 1.18. The van der Waals surface area contributed by atoms with Crippen LogP contribution in [-0.2, 0) is 30.8 Å². The van der Waals surface area contributed by atoms with Gasteiger partial charge in [0, 0.05) is 45.7 Å². The minimum atomic E-state index is 0.160. The predicted octanol–water partition coefficient (Wildman–Crippen LogP) is 6.70. The summed E-state index contributed by atoms with van der Waals surface area (Å²) >= 11 is 0. The Hall–Kier alpha value is -3.73. The lowest BCUT2D eigenvalue weighted by molar-refractivity contribution is -0.132. The Morgan fingerprint density at radius 1 is 0.775 bits per heavy atom. The number of rotatable bonds is 11. The highest BCUT2D eigenvalue weighted by Gasteiger charge is 2.27. The molecule has 0 spiro atoms. The van der Waals surface area contributed by atoms with E-state index in [0.29, 0.717) is 6.54 Å². The van der Waals surface area contributed by atoms with Gasteiger partial charge in [0.15, 0.2) is 0 Å². The molecule has 0 unspecified atom stereocenters. The summed E-state index contributed by atoms with van der Waals surface area (Å²) in [4.78, 5) is 17.4. The molecule has 4 aromatic rings. The van der Waals surface area contributed by atoms with Gasteiger partial charge in [-0.3, -0.25) is 9.69 Å². The lowest BCUT2D eigenvalue weighted by Gasteiger charge is -2.38. The van der Waals surface area contributed by atoms with Crippen molar-refractivity contribution in [2.24, 2.45) is 0 Å². The highest BCUT2D eigenvalue weighted by atomic mass is 16.2. The highest BCUT2D eigenvalue weighted by molar-refractivity contribution is 5.75. The van der Waals surface area contributed by atoms with Crippen molar-refractivity contribution in [1.29, 1.82) is 0 Å². The molecule has 4 nitrogen and oxygen atoms in total. The molecule has 206 valence electrons. The number of piperidine rings is 1. The summed E-state index contributed by atoms with van der Waals surface area (Å²) in [7, 11) is 0. The summed E-state index contributed by atoms with van der Waals surface area (Å²) in [6, 6.07) is 39.0. The molecule has 1 aliphatic rings. The van der Waals surface area contributed by atoms with Gasteiger partial charge in [0.1, 0.15) is 0 Å². The van der Waals surface area contributed by atoms with Crippen molar-refractivity contribution in [1.82, 2.24) is 15.1 Å². The maximum atomic E-state index is 12.8. The molecule has 0 atom stereocenters. The van der Waals surface area contributed by atoms with Gasteiger partial charge in [-0.1, -0.05) is 109 Å². The molecule has 0 aromatic heterocycles. The first-order valence-electron chi connectivity index (χ1n) is 14.6. The number of hydrogen-bond donors (Lipinski definition) is 1. The Morgan fingerprint density at radius 3 is 2.08 bits per heavy atom. The number of amides is 1. The molecule has 4 aromatic carbocycles. The van der Waals surface area contributed by atoms with Gasteiger partial charge in [-0.2, -0.15) is 0 Å². The Morgan fingerprint density at radius 2 is 1.40 bits per heavy atom. The fourth-order valence-corrected chi connectivity index (χ4v) is 5.76. The lowest BCUT2D eigenvalue weighted by Crippen LogP contribution is -2.46. The van der Waals surface area contributed by atoms with Crippen molar-refractivity contribution in [3.63, 3.8) is 0 Å². The van der Waals surface area contributed by atoms with E-state index in [9.17, 15) is 4.79 Å². The van der Waals surface area contributed by atoms with E-state index >= 15 is 0 Å². The number of nitrogens with zero attached hydrogens (tertiary/aromatic N) is 2. The molecule has 40 heavy (non-hydrogen) atoms. The third-order valence-corrected chi connectivity index (χ3v) is 8.04. The second-order valence-corrected chi connectivity index (χ2v) is 10.9. The topological polar surface area (TPSA) is 35.6 Å². The lowest BCUT2D eigenvalue weighted by atomic mass is 9.96. The Labute approximate surface area is 239 Å². The van der Waals surface area contributed by atoms with Gasteiger partial charge in [0.25, 0.3) is 0 Å². The average Bonchev–Trinajstić information content (AvgIpc) is 3.00. The van der Waals surface area contributed by atoms with Crippen LogP contribution in [0.15, 0.2) is 109 Å². The first-order valence-corrected chi connectivity index (χ1v) is 14.6. The van der Waals surface area contributed by atoms with Crippen LogP contribution in [0.4, 0.5) is 0 Å². The van der Waals surface area contributed by atoms with Crippen molar-refractivity contribution >= 4 is 5.91 Å². The number of nitrogens with one attached hydrogen (secondary N) is 1. The molecule has 0 bridgehead atoms. The summed E-state index contributed by atoms with van der Waals surface area (Å²) < 4.78 is 0. The standard InChI is InChI=1S/C36H41N3O/c1-29(40)39(35-21-24-38(25-22-35)27-32-12-6-3-7-13-32)28-34-14-8-9-15-36(34)33-18-16-31(17-19-33)26-37-23-20-30-10-4-2-5-11-30/h2-19,35,37H,20-28H2,1H3. The van der Waals surface area contributed by atoms with Crippen LogP contribution in [-0.4, -0.2) is 41.4 Å². The first kappa shape index (κ1) is 27.8. The number of carbonyl (C=O) groups excluding carboxylic acids is 1. The van der Waals surface area contributed by atoms with Crippen LogP contribution in [0, 0.1) is 0 Å². The number of carbonyl (C=O) groups is 1. The van der Waals surface area contributed by atoms with Crippen LogP contribution < -0.4 is 5.32 Å². The molecule has 1 aliphatic heterocycles. The molecule has 1 heterocycles. The fourth-order valence-electron chi connectivity index (χ4n) is 5.76. The Kier molecular flexibility index (Phi) is 9.78. The van der Waals surface area contributed by atoms with E-state index in [1.54, 1.807) is 6.92 Å². The van der Waals surface area contributed by atoms with E-state index in [1.807, 2.05) is 0 Å². The summed E-state index contributed by atoms with van der Waals surface area (Å²) in [5.41, 5.74) is 7.61. The van der Waals surface area contributed by atoms with E-state index in [4.69, 9.17) is 0 Å². The van der Waals surface area contributed by atoms with Crippen molar-refractivity contribution in [3.8, 4) is 11.1 Å². The maximum Gasteiger partial charge on any atom is 0.219 e. The van der Waals surface area contributed by atoms with Crippen molar-refractivity contribution in [3.05, 3.63) is 131 Å². The molecule has 4 heteroatoms. The van der Waals surface area contributed by atoms with Crippen molar-refractivity contribution < 1.29 is 4.79 Å². The zero-order valence-corrected chi connectivity index (χ0v) is 23.6. The second kappa shape index (κ2) is 14.1. The minimum Gasteiger partial charge on any atom is -0.336 e. The quantitative estimate of drug-likeness (QED) is 0.219. The molecule has 0 radical (unpaired) electrons. The van der Waals surface area contributed by atoms with Gasteiger partial charge in [0.05, 0.1) is 0 Å². The molecule has 5 rings (SSSR count). The second-order valence-electron chi connectivity index (χ2n) is 10.9. The normalized spacial score (nSPS) is 14.2. The molecule has 1 amide bonds. The number of likely N-dealkylation sites (tertiary alicyclic amines) is 1. The molecule has 1 fully saturated rings. The van der Waals surface area contributed by atoms with Crippen LogP contribution in [0.2, 0.25) is 0 Å². The van der Waals surface area contributed by atoms with E-state index < -0.39 is 0 Å². The van der Waals surface area contributed by atoms with E-state index in [0.717, 1.165) is 52.0 Å². The highest BCUT2D eigenvalue weighted by Crippen LogP contribution is 2.28. The summed E-state index contributed by atoms with van der Waals surface area (Å²) in [5, 5.41) is 3.56. The van der Waals surface area contributed by atoms with Gasteiger partial charge >= 0.3 is 0 Å². The number of hydrogen-bond acceptors (Lipinski definition) is 3. The third kappa shape index (κ3) is 7.68. The molecule has 0 saturated carbocycles. The van der Waals surface area contributed by atoms with Gasteiger partial charge < -0.3 is 10.2 Å². The molecule has 0 aliphatic carbocycles. The van der Waals surface area contributed by atoms with Gasteiger partial charge in [0.2, 0.25) is 5.91 Å². The molecular formula is C36H41N3O. The Bertz CT molecular complexity index is 1330. The van der Waals surface area contributed by atoms with Gasteiger partial charge in [-0.05, 0) is 59.2 Å². The van der Waals surface area contributed by atoms with Crippen molar-refractivity contribution in [2.45, 2.75) is 51.9 Å². The van der Waals surface area contributed by atoms with Crippen LogP contribution in [0.5, 0.6) is 0 Å². The summed E-state index contributed by atoms with van der Waals surface area (Å²) in [5.74, 6) is 0.160. The first-order chi connectivity index (χ1) is 19.7. The zero-order chi connectivity index (χ0) is 27.6. The summed E-state index contributed by atoms with van der Waals surface area (Å²) in [6.07, 6.45) is 3.06. The van der Waals surface area contributed by atoms with Gasteiger partial charge in [-0.15, -0.1) is 0 Å². The fraction of sp³-hybridized carbons (Fsp3) is 0.306. The molecular weight excluding hydrogens is 490 g/mol. The van der Waals surface area contributed by atoms with Gasteiger partial charge in [-0.25, -0.2) is 0 Å².